The SMILES string of the molecule is COC(=O)c1cc(S(=O)(=O)N2CCSCC2C(C)(C)C)c[nH]1. The summed E-state index contributed by atoms with van der Waals surface area (Å²) in [6, 6.07) is 1.26. The summed E-state index contributed by atoms with van der Waals surface area (Å²) in [6.45, 7) is 6.61. The van der Waals surface area contributed by atoms with E-state index >= 15 is 0 Å². The van der Waals surface area contributed by atoms with Gasteiger partial charge in [0.05, 0.1) is 7.11 Å². The van der Waals surface area contributed by atoms with Gasteiger partial charge in [0.2, 0.25) is 10.0 Å². The molecule has 0 bridgehead atoms. The van der Waals surface area contributed by atoms with Crippen LogP contribution in [0.2, 0.25) is 0 Å². The summed E-state index contributed by atoms with van der Waals surface area (Å²) < 4.78 is 32.0. The van der Waals surface area contributed by atoms with Crippen LogP contribution in [-0.2, 0) is 14.8 Å². The van der Waals surface area contributed by atoms with Crippen LogP contribution in [0.5, 0.6) is 0 Å². The minimum atomic E-state index is -3.63. The van der Waals surface area contributed by atoms with Crippen molar-refractivity contribution in [3.05, 3.63) is 18.0 Å². The third-order valence-electron chi connectivity index (χ3n) is 3.75. The molecule has 0 spiro atoms. The first-order valence-corrected chi connectivity index (χ1v) is 9.63. The smallest absolute Gasteiger partial charge is 0.354 e. The van der Waals surface area contributed by atoms with Gasteiger partial charge in [-0.2, -0.15) is 16.1 Å². The Morgan fingerprint density at radius 2 is 2.14 bits per heavy atom. The van der Waals surface area contributed by atoms with Crippen molar-refractivity contribution in [2.45, 2.75) is 31.7 Å². The number of sulfonamides is 1. The normalized spacial score (nSPS) is 20.8. The number of carbonyl (C=O) groups is 1. The molecule has 124 valence electrons. The van der Waals surface area contributed by atoms with Crippen molar-refractivity contribution in [1.82, 2.24) is 9.29 Å². The van der Waals surface area contributed by atoms with Crippen LogP contribution in [-0.4, -0.2) is 54.9 Å². The second-order valence-corrected chi connectivity index (χ2v) is 9.35. The van der Waals surface area contributed by atoms with Gasteiger partial charge in [0, 0.05) is 30.3 Å². The maximum Gasteiger partial charge on any atom is 0.354 e. The van der Waals surface area contributed by atoms with E-state index in [2.05, 4.69) is 9.72 Å². The number of nitrogens with one attached hydrogen (secondary N) is 1. The Labute approximate surface area is 135 Å². The van der Waals surface area contributed by atoms with Crippen LogP contribution >= 0.6 is 11.8 Å². The summed E-state index contributed by atoms with van der Waals surface area (Å²) in [4.78, 5) is 14.3. The number of ether oxygens (including phenoxy) is 1. The van der Waals surface area contributed by atoms with Crippen molar-refractivity contribution < 1.29 is 17.9 Å². The number of rotatable bonds is 3. The molecule has 1 aliphatic heterocycles. The third kappa shape index (κ3) is 3.33. The summed E-state index contributed by atoms with van der Waals surface area (Å²) in [5, 5.41) is 0. The lowest BCUT2D eigenvalue weighted by Crippen LogP contribution is -2.52. The van der Waals surface area contributed by atoms with Crippen molar-refractivity contribution in [1.29, 1.82) is 0 Å². The number of carbonyl (C=O) groups excluding carboxylic acids is 1. The highest BCUT2D eigenvalue weighted by molar-refractivity contribution is 7.99. The van der Waals surface area contributed by atoms with E-state index < -0.39 is 16.0 Å². The van der Waals surface area contributed by atoms with Gasteiger partial charge in [-0.1, -0.05) is 20.8 Å². The molecule has 1 aromatic rings. The minimum Gasteiger partial charge on any atom is -0.464 e. The molecular weight excluding hydrogens is 324 g/mol. The molecule has 6 nitrogen and oxygen atoms in total. The van der Waals surface area contributed by atoms with Crippen LogP contribution in [0, 0.1) is 5.41 Å². The zero-order valence-electron chi connectivity index (χ0n) is 13.3. The fourth-order valence-corrected chi connectivity index (χ4v) is 5.85. The predicted octanol–water partition coefficient (Wildman–Crippen LogP) is 1.95. The van der Waals surface area contributed by atoms with Gasteiger partial charge in [0.25, 0.3) is 0 Å². The second kappa shape index (κ2) is 6.25. The van der Waals surface area contributed by atoms with Gasteiger partial charge in [-0.15, -0.1) is 0 Å². The average Bonchev–Trinajstić information content (AvgIpc) is 2.96. The molecule has 0 saturated carbocycles. The number of hydrogen-bond acceptors (Lipinski definition) is 5. The summed E-state index contributed by atoms with van der Waals surface area (Å²) >= 11 is 1.77. The first-order chi connectivity index (χ1) is 10.2. The standard InChI is InChI=1S/C14H22N2O4S2/c1-14(2,3)12-9-21-6-5-16(12)22(18,19)10-7-11(15-8-10)13(17)20-4/h7-8,12,15H,5-6,9H2,1-4H3. The number of aromatic nitrogens is 1. The van der Waals surface area contributed by atoms with E-state index in [4.69, 9.17) is 0 Å². The molecule has 0 aromatic carbocycles. The lowest BCUT2D eigenvalue weighted by Gasteiger charge is -2.41. The van der Waals surface area contributed by atoms with Crippen LogP contribution in [0.25, 0.3) is 0 Å². The number of methoxy groups -OCH3 is 1. The van der Waals surface area contributed by atoms with E-state index in [1.807, 2.05) is 20.8 Å². The first kappa shape index (κ1) is 17.4. The Morgan fingerprint density at radius 3 is 2.73 bits per heavy atom. The number of hydrogen-bond donors (Lipinski definition) is 1. The van der Waals surface area contributed by atoms with Gasteiger partial charge < -0.3 is 9.72 Å². The van der Waals surface area contributed by atoms with Crippen molar-refractivity contribution in [2.75, 3.05) is 25.2 Å². The van der Waals surface area contributed by atoms with E-state index in [9.17, 15) is 13.2 Å². The molecule has 1 aliphatic rings. The Balaban J connectivity index is 2.35. The highest BCUT2D eigenvalue weighted by atomic mass is 32.2. The average molecular weight is 346 g/mol. The molecule has 0 radical (unpaired) electrons. The largest absolute Gasteiger partial charge is 0.464 e. The fourth-order valence-electron chi connectivity index (χ4n) is 2.44. The zero-order chi connectivity index (χ0) is 16.5. The second-order valence-electron chi connectivity index (χ2n) is 6.31. The summed E-state index contributed by atoms with van der Waals surface area (Å²) in [7, 11) is -2.38. The van der Waals surface area contributed by atoms with Crippen molar-refractivity contribution in [3.63, 3.8) is 0 Å². The molecular formula is C14H22N2O4S2. The van der Waals surface area contributed by atoms with Crippen LogP contribution in [0.15, 0.2) is 17.2 Å². The number of aromatic amines is 1. The molecule has 1 aromatic heterocycles. The molecule has 2 heterocycles. The maximum atomic E-state index is 12.9. The first-order valence-electron chi connectivity index (χ1n) is 7.04. The molecule has 2 rings (SSSR count). The number of thioether (sulfide) groups is 1. The molecule has 0 amide bonds. The Bertz CT molecular complexity index is 646. The molecule has 8 heteroatoms. The highest BCUT2D eigenvalue weighted by Gasteiger charge is 2.40. The number of H-pyrrole nitrogens is 1. The summed E-state index contributed by atoms with van der Waals surface area (Å²) in [6.07, 6.45) is 1.35. The van der Waals surface area contributed by atoms with E-state index in [1.54, 1.807) is 16.1 Å². The van der Waals surface area contributed by atoms with Gasteiger partial charge in [-0.05, 0) is 11.5 Å². The zero-order valence-corrected chi connectivity index (χ0v) is 14.9. The summed E-state index contributed by atoms with van der Waals surface area (Å²) in [5.74, 6) is 0.972. The monoisotopic (exact) mass is 346 g/mol. The van der Waals surface area contributed by atoms with Crippen molar-refractivity contribution in [3.8, 4) is 0 Å². The summed E-state index contributed by atoms with van der Waals surface area (Å²) in [5.41, 5.74) is -0.0121. The van der Waals surface area contributed by atoms with Crippen molar-refractivity contribution in [2.24, 2.45) is 5.41 Å². The lowest BCUT2D eigenvalue weighted by molar-refractivity contribution is 0.0594. The molecule has 1 saturated heterocycles. The van der Waals surface area contributed by atoms with Gasteiger partial charge in [-0.25, -0.2) is 13.2 Å². The Kier molecular flexibility index (Phi) is 4.93. The number of esters is 1. The lowest BCUT2D eigenvalue weighted by atomic mass is 9.88. The van der Waals surface area contributed by atoms with Gasteiger partial charge >= 0.3 is 5.97 Å². The minimum absolute atomic E-state index is 0.0762. The Morgan fingerprint density at radius 1 is 1.45 bits per heavy atom. The molecule has 1 unspecified atom stereocenters. The molecule has 1 atom stereocenters. The fraction of sp³-hybridized carbons (Fsp3) is 0.643. The van der Waals surface area contributed by atoms with Gasteiger partial charge in [0.15, 0.2) is 0 Å². The van der Waals surface area contributed by atoms with E-state index in [-0.39, 0.29) is 22.0 Å². The molecule has 1 fully saturated rings. The van der Waals surface area contributed by atoms with Crippen LogP contribution in [0.1, 0.15) is 31.3 Å². The highest BCUT2D eigenvalue weighted by Crippen LogP contribution is 2.34. The number of nitrogens with zero attached hydrogens (tertiary/aromatic N) is 1. The van der Waals surface area contributed by atoms with Crippen molar-refractivity contribution >= 4 is 27.8 Å². The third-order valence-corrected chi connectivity index (χ3v) is 6.66. The Hall–Kier alpha value is -0.990. The van der Waals surface area contributed by atoms with E-state index in [0.717, 1.165) is 11.5 Å². The van der Waals surface area contributed by atoms with Gasteiger partial charge in [0.1, 0.15) is 10.6 Å². The van der Waals surface area contributed by atoms with Crippen LogP contribution < -0.4 is 0 Å². The van der Waals surface area contributed by atoms with Crippen LogP contribution in [0.4, 0.5) is 0 Å². The quantitative estimate of drug-likeness (QED) is 0.846. The molecule has 1 N–H and O–H groups in total. The predicted molar refractivity (Wildman–Crippen MR) is 86.6 cm³/mol. The van der Waals surface area contributed by atoms with Crippen LogP contribution in [0.3, 0.4) is 0 Å². The van der Waals surface area contributed by atoms with E-state index in [1.165, 1.54) is 19.4 Å². The topological polar surface area (TPSA) is 79.5 Å². The molecule has 22 heavy (non-hydrogen) atoms. The van der Waals surface area contributed by atoms with Gasteiger partial charge in [-0.3, -0.25) is 0 Å². The molecule has 0 aliphatic carbocycles. The maximum absolute atomic E-state index is 12.9. The van der Waals surface area contributed by atoms with E-state index in [0.29, 0.717) is 6.54 Å².